The van der Waals surface area contributed by atoms with Gasteiger partial charge in [0.15, 0.2) is 5.56 Å². The van der Waals surface area contributed by atoms with Crippen LogP contribution >= 0.6 is 0 Å². The molecule has 0 atom stereocenters. The van der Waals surface area contributed by atoms with Gasteiger partial charge in [-0.15, -0.1) is 0 Å². The first kappa shape index (κ1) is 22.0. The lowest BCUT2D eigenvalue weighted by atomic mass is 10.1. The van der Waals surface area contributed by atoms with Gasteiger partial charge < -0.3 is 15.3 Å². The Morgan fingerprint density at radius 2 is 1.97 bits per heavy atom. The molecule has 0 spiro atoms. The Morgan fingerprint density at radius 1 is 1.28 bits per heavy atom. The van der Waals surface area contributed by atoms with E-state index in [0.29, 0.717) is 43.7 Å². The summed E-state index contributed by atoms with van der Waals surface area (Å²) in [4.78, 5) is 39.9. The van der Waals surface area contributed by atoms with Crippen LogP contribution < -0.4 is 10.9 Å². The van der Waals surface area contributed by atoms with E-state index in [1.165, 1.54) is 22.9 Å². The third-order valence-electron chi connectivity index (χ3n) is 5.74. The molecule has 0 bridgehead atoms. The summed E-state index contributed by atoms with van der Waals surface area (Å²) in [5.41, 5.74) is -0.182. The minimum atomic E-state index is -0.873. The summed E-state index contributed by atoms with van der Waals surface area (Å²) in [6.45, 7) is 4.89. The van der Waals surface area contributed by atoms with Crippen LogP contribution in [0.5, 0.6) is 5.88 Å². The summed E-state index contributed by atoms with van der Waals surface area (Å²) in [6, 6.07) is 0.0279. The Hall–Kier alpha value is -3.17. The number of alkyl halides is 1. The van der Waals surface area contributed by atoms with Crippen molar-refractivity contribution in [2.24, 2.45) is 5.92 Å². The molecule has 2 aromatic heterocycles. The zero-order valence-electron chi connectivity index (χ0n) is 18.3. The molecule has 9 nitrogen and oxygen atoms in total. The molecule has 3 heterocycles. The second-order valence-electron chi connectivity index (χ2n) is 8.92. The third-order valence-corrected chi connectivity index (χ3v) is 5.74. The number of nitrogens with zero attached hydrogens (tertiary/aromatic N) is 4. The highest BCUT2D eigenvalue weighted by Gasteiger charge is 2.30. The van der Waals surface area contributed by atoms with Gasteiger partial charge in [-0.25, -0.2) is 4.39 Å². The van der Waals surface area contributed by atoms with Gasteiger partial charge in [-0.1, -0.05) is 13.8 Å². The Balaban J connectivity index is 1.72. The topological polar surface area (TPSA) is 109 Å². The highest BCUT2D eigenvalue weighted by molar-refractivity contribution is 5.97. The predicted octanol–water partition coefficient (Wildman–Crippen LogP) is 1.72. The number of carbonyl (C=O) groups excluding carboxylic acids is 2. The first-order valence-electron chi connectivity index (χ1n) is 11.0. The van der Waals surface area contributed by atoms with E-state index in [1.807, 2.05) is 13.8 Å². The van der Waals surface area contributed by atoms with Gasteiger partial charge in [0.1, 0.15) is 11.8 Å². The molecule has 0 unspecified atom stereocenters. The molecule has 32 heavy (non-hydrogen) atoms. The van der Waals surface area contributed by atoms with Crippen molar-refractivity contribution in [2.75, 3.05) is 13.1 Å². The molecule has 10 heteroatoms. The van der Waals surface area contributed by atoms with Crippen LogP contribution in [0.4, 0.5) is 4.39 Å². The molecule has 2 amide bonds. The van der Waals surface area contributed by atoms with Crippen LogP contribution in [0.15, 0.2) is 17.1 Å². The quantitative estimate of drug-likeness (QED) is 0.658. The number of carbonyl (C=O) groups is 2. The molecule has 2 aromatic rings. The first-order chi connectivity index (χ1) is 15.3. The van der Waals surface area contributed by atoms with Crippen molar-refractivity contribution in [1.29, 1.82) is 0 Å². The standard InChI is InChI=1S/C22H28FN5O4/c1-13(2)12-27-20-14(3-6-17(29)26-9-7-15(23)8-10-26)11-24-28(20)22(32)18(21(27)31)19(30)25-16-4-5-16/h3,6,11,13,15-16,32H,4-5,7-10,12H2,1-2H3,(H,25,30). The molecular formula is C22H28FN5O4. The first-order valence-corrected chi connectivity index (χ1v) is 11.0. The summed E-state index contributed by atoms with van der Waals surface area (Å²) in [5.74, 6) is -1.32. The smallest absolute Gasteiger partial charge is 0.270 e. The maximum absolute atomic E-state index is 13.3. The lowest BCUT2D eigenvalue weighted by Gasteiger charge is -2.27. The van der Waals surface area contributed by atoms with Crippen LogP contribution in [0.25, 0.3) is 11.7 Å². The second-order valence-corrected chi connectivity index (χ2v) is 8.92. The molecule has 1 saturated heterocycles. The third kappa shape index (κ3) is 4.39. The largest absolute Gasteiger partial charge is 0.492 e. The minimum absolute atomic E-state index is 0.0279. The molecular weight excluding hydrogens is 417 g/mol. The number of aromatic nitrogens is 3. The minimum Gasteiger partial charge on any atom is -0.492 e. The summed E-state index contributed by atoms with van der Waals surface area (Å²) < 4.78 is 15.9. The van der Waals surface area contributed by atoms with Gasteiger partial charge in [0, 0.05) is 37.3 Å². The monoisotopic (exact) mass is 445 g/mol. The van der Waals surface area contributed by atoms with Crippen molar-refractivity contribution < 1.29 is 19.1 Å². The van der Waals surface area contributed by atoms with Crippen molar-refractivity contribution in [3.8, 4) is 5.88 Å². The van der Waals surface area contributed by atoms with Gasteiger partial charge in [0.25, 0.3) is 11.5 Å². The van der Waals surface area contributed by atoms with E-state index < -0.39 is 23.5 Å². The molecule has 1 saturated carbocycles. The summed E-state index contributed by atoms with van der Waals surface area (Å²) >= 11 is 0. The fraction of sp³-hybridized carbons (Fsp3) is 0.545. The molecule has 2 aliphatic rings. The Bertz CT molecular complexity index is 1120. The van der Waals surface area contributed by atoms with Crippen LogP contribution in [0.1, 0.15) is 55.5 Å². The highest BCUT2D eigenvalue weighted by Crippen LogP contribution is 2.24. The normalized spacial score (nSPS) is 17.6. The number of likely N-dealkylation sites (tertiary alicyclic amines) is 1. The Kier molecular flexibility index (Phi) is 6.03. The van der Waals surface area contributed by atoms with Crippen molar-refractivity contribution in [1.82, 2.24) is 24.4 Å². The van der Waals surface area contributed by atoms with E-state index in [1.54, 1.807) is 4.90 Å². The molecule has 172 valence electrons. The molecule has 2 fully saturated rings. The maximum Gasteiger partial charge on any atom is 0.270 e. The van der Waals surface area contributed by atoms with Crippen molar-refractivity contribution in [2.45, 2.75) is 58.3 Å². The summed E-state index contributed by atoms with van der Waals surface area (Å²) in [6.07, 6.45) is 5.81. The molecule has 4 rings (SSSR count). The van der Waals surface area contributed by atoms with Crippen LogP contribution in [-0.2, 0) is 11.3 Å². The van der Waals surface area contributed by atoms with Crippen molar-refractivity contribution in [3.05, 3.63) is 33.8 Å². The predicted molar refractivity (Wildman–Crippen MR) is 116 cm³/mol. The van der Waals surface area contributed by atoms with Crippen LogP contribution in [0.3, 0.4) is 0 Å². The van der Waals surface area contributed by atoms with Gasteiger partial charge in [-0.2, -0.15) is 9.61 Å². The van der Waals surface area contributed by atoms with E-state index in [9.17, 15) is 23.9 Å². The van der Waals surface area contributed by atoms with Crippen LogP contribution in [-0.4, -0.2) is 61.3 Å². The zero-order valence-corrected chi connectivity index (χ0v) is 18.3. The number of nitrogens with one attached hydrogen (secondary N) is 1. The number of rotatable bonds is 6. The summed E-state index contributed by atoms with van der Waals surface area (Å²) in [5, 5.41) is 17.6. The van der Waals surface area contributed by atoms with E-state index in [4.69, 9.17) is 0 Å². The van der Waals surface area contributed by atoms with Gasteiger partial charge in [-0.05, 0) is 37.7 Å². The number of amides is 2. The highest BCUT2D eigenvalue weighted by atomic mass is 19.1. The molecule has 0 aromatic carbocycles. The van der Waals surface area contributed by atoms with Crippen LogP contribution in [0.2, 0.25) is 0 Å². The maximum atomic E-state index is 13.3. The number of halogens is 1. The number of hydrogen-bond acceptors (Lipinski definition) is 5. The van der Waals surface area contributed by atoms with E-state index >= 15 is 0 Å². The van der Waals surface area contributed by atoms with Gasteiger partial charge in [-0.3, -0.25) is 19.0 Å². The number of hydrogen-bond donors (Lipinski definition) is 2. The lowest BCUT2D eigenvalue weighted by Crippen LogP contribution is -2.38. The number of aromatic hydroxyl groups is 1. The SMILES string of the molecule is CC(C)Cn1c(=O)c(C(=O)NC2CC2)c(O)n2ncc(C=CC(=O)N3CCC(F)CC3)c12. The van der Waals surface area contributed by atoms with E-state index in [2.05, 4.69) is 10.4 Å². The fourth-order valence-electron chi connectivity index (χ4n) is 3.88. The molecule has 1 aliphatic heterocycles. The van der Waals surface area contributed by atoms with Gasteiger partial charge >= 0.3 is 0 Å². The second kappa shape index (κ2) is 8.76. The number of piperidine rings is 1. The average molecular weight is 445 g/mol. The van der Waals surface area contributed by atoms with Gasteiger partial charge in [0.2, 0.25) is 11.8 Å². The summed E-state index contributed by atoms with van der Waals surface area (Å²) in [7, 11) is 0. The van der Waals surface area contributed by atoms with Gasteiger partial charge in [0.05, 0.1) is 6.20 Å². The van der Waals surface area contributed by atoms with Crippen molar-refractivity contribution >= 4 is 23.5 Å². The number of fused-ring (bicyclic) bond motifs is 1. The molecule has 0 radical (unpaired) electrons. The molecule has 2 N–H and O–H groups in total. The Labute approximate surface area is 184 Å². The molecule has 1 aliphatic carbocycles. The van der Waals surface area contributed by atoms with E-state index in [-0.39, 0.29) is 23.4 Å². The fourth-order valence-corrected chi connectivity index (χ4v) is 3.88. The lowest BCUT2D eigenvalue weighted by molar-refractivity contribution is -0.127. The van der Waals surface area contributed by atoms with E-state index in [0.717, 1.165) is 17.4 Å². The average Bonchev–Trinajstić information content (AvgIpc) is 3.45. The zero-order chi connectivity index (χ0) is 23.0. The van der Waals surface area contributed by atoms with Crippen LogP contribution in [0, 0.1) is 5.92 Å². The van der Waals surface area contributed by atoms with Crippen molar-refractivity contribution in [3.63, 3.8) is 0 Å². The Morgan fingerprint density at radius 3 is 2.59 bits per heavy atom.